The Balaban J connectivity index is 2.04. The molecule has 2 aromatic rings. The van der Waals surface area contributed by atoms with Crippen molar-refractivity contribution in [3.63, 3.8) is 0 Å². The molecule has 5 nitrogen and oxygen atoms in total. The van der Waals surface area contributed by atoms with Gasteiger partial charge in [0, 0.05) is 17.5 Å². The molecule has 20 heavy (non-hydrogen) atoms. The van der Waals surface area contributed by atoms with Crippen molar-refractivity contribution >= 4 is 12.1 Å². The van der Waals surface area contributed by atoms with Gasteiger partial charge in [-0.2, -0.15) is 5.10 Å². The fourth-order valence-electron chi connectivity index (χ4n) is 1.61. The maximum Gasteiger partial charge on any atom is 0.272 e. The number of nitrogens with zero attached hydrogens (tertiary/aromatic N) is 2. The third kappa shape index (κ3) is 3.20. The van der Waals surface area contributed by atoms with E-state index in [4.69, 9.17) is 0 Å². The molecule has 0 aliphatic carbocycles. The first-order valence-electron chi connectivity index (χ1n) is 6.12. The standard InChI is InChI=1S/C15H15N3O2/c1-10-4-3-5-12(14(10)19)9-17-18-15(20)13-7-6-11(2)16-8-13/h3-9,19H,1-2H3,(H,18,20). The van der Waals surface area contributed by atoms with Gasteiger partial charge in [0.2, 0.25) is 0 Å². The van der Waals surface area contributed by atoms with Crippen LogP contribution < -0.4 is 5.43 Å². The van der Waals surface area contributed by atoms with Gasteiger partial charge in [-0.15, -0.1) is 0 Å². The molecule has 1 amide bonds. The summed E-state index contributed by atoms with van der Waals surface area (Å²) in [5, 5.41) is 13.6. The number of rotatable bonds is 3. The van der Waals surface area contributed by atoms with Crippen LogP contribution in [-0.2, 0) is 0 Å². The summed E-state index contributed by atoms with van der Waals surface area (Å²) in [6.07, 6.45) is 2.90. The van der Waals surface area contributed by atoms with Gasteiger partial charge < -0.3 is 5.11 Å². The fourth-order valence-corrected chi connectivity index (χ4v) is 1.61. The molecule has 0 radical (unpaired) electrons. The summed E-state index contributed by atoms with van der Waals surface area (Å²) < 4.78 is 0. The minimum Gasteiger partial charge on any atom is -0.507 e. The third-order valence-electron chi connectivity index (χ3n) is 2.81. The van der Waals surface area contributed by atoms with Crippen LogP contribution in [-0.4, -0.2) is 22.2 Å². The molecule has 1 aromatic heterocycles. The van der Waals surface area contributed by atoms with Gasteiger partial charge in [0.1, 0.15) is 5.75 Å². The molecule has 102 valence electrons. The number of para-hydroxylation sites is 1. The van der Waals surface area contributed by atoms with E-state index in [0.717, 1.165) is 11.3 Å². The molecule has 0 bridgehead atoms. The lowest BCUT2D eigenvalue weighted by Gasteiger charge is -2.02. The number of aryl methyl sites for hydroxylation is 2. The van der Waals surface area contributed by atoms with Crippen LogP contribution in [0.1, 0.15) is 27.2 Å². The van der Waals surface area contributed by atoms with Crippen molar-refractivity contribution in [2.75, 3.05) is 0 Å². The highest BCUT2D eigenvalue weighted by Gasteiger charge is 2.04. The molecule has 0 aliphatic rings. The highest BCUT2D eigenvalue weighted by molar-refractivity contribution is 5.94. The Kier molecular flexibility index (Phi) is 4.10. The number of phenolic OH excluding ortho intramolecular Hbond substituents is 1. The number of aromatic nitrogens is 1. The maximum absolute atomic E-state index is 11.8. The van der Waals surface area contributed by atoms with Gasteiger partial charge in [-0.1, -0.05) is 12.1 Å². The molecule has 1 aromatic carbocycles. The summed E-state index contributed by atoms with van der Waals surface area (Å²) in [5.41, 5.74) is 4.97. The van der Waals surface area contributed by atoms with E-state index in [1.807, 2.05) is 13.0 Å². The Morgan fingerprint density at radius 3 is 2.80 bits per heavy atom. The average molecular weight is 269 g/mol. The molecule has 0 atom stereocenters. The molecular formula is C15H15N3O2. The Morgan fingerprint density at radius 1 is 1.30 bits per heavy atom. The number of amides is 1. The van der Waals surface area contributed by atoms with E-state index >= 15 is 0 Å². The normalized spacial score (nSPS) is 10.7. The van der Waals surface area contributed by atoms with E-state index < -0.39 is 0 Å². The topological polar surface area (TPSA) is 74.6 Å². The number of hydrazone groups is 1. The summed E-state index contributed by atoms with van der Waals surface area (Å²) in [7, 11) is 0. The van der Waals surface area contributed by atoms with Crippen LogP contribution in [0, 0.1) is 13.8 Å². The number of nitrogens with one attached hydrogen (secondary N) is 1. The fraction of sp³-hybridized carbons (Fsp3) is 0.133. The van der Waals surface area contributed by atoms with Crippen molar-refractivity contribution in [2.24, 2.45) is 5.10 Å². The highest BCUT2D eigenvalue weighted by atomic mass is 16.3. The second kappa shape index (κ2) is 5.97. The van der Waals surface area contributed by atoms with Crippen LogP contribution in [0.2, 0.25) is 0 Å². The smallest absolute Gasteiger partial charge is 0.272 e. The molecule has 5 heteroatoms. The third-order valence-corrected chi connectivity index (χ3v) is 2.81. The van der Waals surface area contributed by atoms with Crippen LogP contribution >= 0.6 is 0 Å². The monoisotopic (exact) mass is 269 g/mol. The zero-order valence-electron chi connectivity index (χ0n) is 11.3. The first kappa shape index (κ1) is 13.7. The lowest BCUT2D eigenvalue weighted by molar-refractivity contribution is 0.0954. The van der Waals surface area contributed by atoms with Crippen LogP contribution in [0.25, 0.3) is 0 Å². The molecular weight excluding hydrogens is 254 g/mol. The van der Waals surface area contributed by atoms with Gasteiger partial charge in [0.25, 0.3) is 5.91 Å². The number of phenols is 1. The number of carbonyl (C=O) groups is 1. The first-order chi connectivity index (χ1) is 9.58. The molecule has 0 saturated carbocycles. The molecule has 1 heterocycles. The van der Waals surface area contributed by atoms with E-state index in [-0.39, 0.29) is 11.7 Å². The summed E-state index contributed by atoms with van der Waals surface area (Å²) in [5.74, 6) is -0.191. The summed E-state index contributed by atoms with van der Waals surface area (Å²) in [6, 6.07) is 8.75. The molecule has 0 aliphatic heterocycles. The Bertz CT molecular complexity index is 649. The molecule has 2 rings (SSSR count). The quantitative estimate of drug-likeness (QED) is 0.662. The molecule has 0 unspecified atom stereocenters. The Morgan fingerprint density at radius 2 is 2.10 bits per heavy atom. The number of pyridine rings is 1. The summed E-state index contributed by atoms with van der Waals surface area (Å²) >= 11 is 0. The van der Waals surface area contributed by atoms with E-state index in [1.54, 1.807) is 31.2 Å². The number of benzene rings is 1. The van der Waals surface area contributed by atoms with Crippen LogP contribution in [0.15, 0.2) is 41.6 Å². The molecule has 2 N–H and O–H groups in total. The van der Waals surface area contributed by atoms with Crippen molar-refractivity contribution in [2.45, 2.75) is 13.8 Å². The van der Waals surface area contributed by atoms with Crippen molar-refractivity contribution in [3.05, 3.63) is 58.9 Å². The van der Waals surface area contributed by atoms with Crippen LogP contribution in [0.5, 0.6) is 5.75 Å². The minimum atomic E-state index is -0.346. The average Bonchev–Trinajstić information content (AvgIpc) is 2.44. The van der Waals surface area contributed by atoms with E-state index in [1.165, 1.54) is 12.4 Å². The first-order valence-corrected chi connectivity index (χ1v) is 6.12. The van der Waals surface area contributed by atoms with Gasteiger partial charge in [-0.3, -0.25) is 9.78 Å². The molecule has 0 fully saturated rings. The highest BCUT2D eigenvalue weighted by Crippen LogP contribution is 2.19. The predicted octanol–water partition coefficient (Wildman–Crippen LogP) is 2.17. The number of aromatic hydroxyl groups is 1. The maximum atomic E-state index is 11.8. The van der Waals surface area contributed by atoms with Crippen LogP contribution in [0.4, 0.5) is 0 Å². The van der Waals surface area contributed by atoms with Crippen molar-refractivity contribution in [1.29, 1.82) is 0 Å². The minimum absolute atomic E-state index is 0.155. The van der Waals surface area contributed by atoms with Gasteiger partial charge in [-0.05, 0) is 37.6 Å². The lowest BCUT2D eigenvalue weighted by atomic mass is 10.1. The van der Waals surface area contributed by atoms with Gasteiger partial charge in [-0.25, -0.2) is 5.43 Å². The molecule has 0 spiro atoms. The predicted molar refractivity (Wildman–Crippen MR) is 76.9 cm³/mol. The lowest BCUT2D eigenvalue weighted by Crippen LogP contribution is -2.17. The summed E-state index contributed by atoms with van der Waals surface area (Å²) in [4.78, 5) is 15.8. The van der Waals surface area contributed by atoms with Gasteiger partial charge in [0.15, 0.2) is 0 Å². The summed E-state index contributed by atoms with van der Waals surface area (Å²) in [6.45, 7) is 3.64. The van der Waals surface area contributed by atoms with Crippen molar-refractivity contribution in [1.82, 2.24) is 10.4 Å². The number of hydrogen-bond acceptors (Lipinski definition) is 4. The van der Waals surface area contributed by atoms with E-state index in [2.05, 4.69) is 15.5 Å². The van der Waals surface area contributed by atoms with Gasteiger partial charge >= 0.3 is 0 Å². The zero-order chi connectivity index (χ0) is 14.5. The Labute approximate surface area is 117 Å². The zero-order valence-corrected chi connectivity index (χ0v) is 11.3. The molecule has 0 saturated heterocycles. The Hall–Kier alpha value is -2.69. The van der Waals surface area contributed by atoms with Gasteiger partial charge in [0.05, 0.1) is 11.8 Å². The van der Waals surface area contributed by atoms with Crippen molar-refractivity contribution in [3.8, 4) is 5.75 Å². The second-order valence-corrected chi connectivity index (χ2v) is 4.40. The van der Waals surface area contributed by atoms with E-state index in [0.29, 0.717) is 11.1 Å². The van der Waals surface area contributed by atoms with E-state index in [9.17, 15) is 9.90 Å². The largest absolute Gasteiger partial charge is 0.507 e. The SMILES string of the molecule is Cc1ccc(C(=O)NN=Cc2cccc(C)c2O)cn1. The van der Waals surface area contributed by atoms with Crippen molar-refractivity contribution < 1.29 is 9.90 Å². The van der Waals surface area contributed by atoms with Crippen LogP contribution in [0.3, 0.4) is 0 Å². The second-order valence-electron chi connectivity index (χ2n) is 4.40. The number of carbonyl (C=O) groups excluding carboxylic acids is 1. The number of hydrogen-bond donors (Lipinski definition) is 2.